The number of aromatic nitrogens is 1. The first kappa shape index (κ1) is 15.6. The number of urea groups is 1. The van der Waals surface area contributed by atoms with E-state index in [-0.39, 0.29) is 12.1 Å². The Balaban J connectivity index is 1.83. The van der Waals surface area contributed by atoms with Crippen molar-refractivity contribution in [2.24, 2.45) is 0 Å². The highest BCUT2D eigenvalue weighted by Crippen LogP contribution is 2.17. The van der Waals surface area contributed by atoms with Gasteiger partial charge in [0.15, 0.2) is 5.76 Å². The van der Waals surface area contributed by atoms with Crippen molar-refractivity contribution >= 4 is 6.03 Å². The molecule has 0 aliphatic carbocycles. The SMILES string of the molecule is CCCC[C@@H]1C=CCN1C(=O)NCc1cc(C(C)C)no1. The maximum atomic E-state index is 12.2. The van der Waals surface area contributed by atoms with Gasteiger partial charge in [-0.05, 0) is 12.3 Å². The van der Waals surface area contributed by atoms with E-state index in [0.29, 0.717) is 24.8 Å². The van der Waals surface area contributed by atoms with Crippen molar-refractivity contribution in [1.29, 1.82) is 0 Å². The van der Waals surface area contributed by atoms with Gasteiger partial charge < -0.3 is 14.7 Å². The molecule has 0 saturated heterocycles. The van der Waals surface area contributed by atoms with Crippen LogP contribution in [0.5, 0.6) is 0 Å². The first-order chi connectivity index (χ1) is 10.1. The Kier molecular flexibility index (Phi) is 5.42. The number of unbranched alkanes of at least 4 members (excludes halogenated alkanes) is 1. The maximum absolute atomic E-state index is 12.2. The first-order valence-electron chi connectivity index (χ1n) is 7.78. The normalized spacial score (nSPS) is 17.7. The Bertz CT molecular complexity index is 493. The summed E-state index contributed by atoms with van der Waals surface area (Å²) >= 11 is 0. The number of nitrogens with one attached hydrogen (secondary N) is 1. The van der Waals surface area contributed by atoms with Gasteiger partial charge in [0.2, 0.25) is 0 Å². The Morgan fingerprint density at radius 3 is 3.05 bits per heavy atom. The van der Waals surface area contributed by atoms with Crippen molar-refractivity contribution in [2.45, 2.75) is 58.5 Å². The molecule has 0 radical (unpaired) electrons. The molecule has 1 aromatic rings. The summed E-state index contributed by atoms with van der Waals surface area (Å²) in [5, 5.41) is 6.91. The van der Waals surface area contributed by atoms with Crippen molar-refractivity contribution in [3.63, 3.8) is 0 Å². The highest BCUT2D eigenvalue weighted by Gasteiger charge is 2.24. The van der Waals surface area contributed by atoms with Gasteiger partial charge in [-0.3, -0.25) is 0 Å². The van der Waals surface area contributed by atoms with Gasteiger partial charge in [-0.25, -0.2) is 4.79 Å². The summed E-state index contributed by atoms with van der Waals surface area (Å²) in [4.78, 5) is 14.1. The van der Waals surface area contributed by atoms with E-state index in [1.807, 2.05) is 11.0 Å². The van der Waals surface area contributed by atoms with Gasteiger partial charge in [0, 0.05) is 12.6 Å². The zero-order chi connectivity index (χ0) is 15.2. The van der Waals surface area contributed by atoms with E-state index in [1.165, 1.54) is 0 Å². The third-order valence-corrected chi connectivity index (χ3v) is 3.76. The molecule has 0 fully saturated rings. The summed E-state index contributed by atoms with van der Waals surface area (Å²) in [5.74, 6) is 1.03. The topological polar surface area (TPSA) is 58.4 Å². The lowest BCUT2D eigenvalue weighted by atomic mass is 10.1. The minimum Gasteiger partial charge on any atom is -0.359 e. The zero-order valence-electron chi connectivity index (χ0n) is 13.1. The molecule has 1 atom stereocenters. The van der Waals surface area contributed by atoms with Gasteiger partial charge in [0.25, 0.3) is 0 Å². The molecule has 116 valence electrons. The van der Waals surface area contributed by atoms with E-state index >= 15 is 0 Å². The van der Waals surface area contributed by atoms with Crippen molar-refractivity contribution in [2.75, 3.05) is 6.54 Å². The van der Waals surface area contributed by atoms with Crippen LogP contribution in [-0.4, -0.2) is 28.7 Å². The Morgan fingerprint density at radius 1 is 1.57 bits per heavy atom. The third kappa shape index (κ3) is 4.09. The molecule has 1 aromatic heterocycles. The lowest BCUT2D eigenvalue weighted by Gasteiger charge is -2.24. The molecule has 21 heavy (non-hydrogen) atoms. The predicted molar refractivity (Wildman–Crippen MR) is 82.0 cm³/mol. The summed E-state index contributed by atoms with van der Waals surface area (Å²) in [6.45, 7) is 7.37. The second-order valence-corrected chi connectivity index (χ2v) is 5.82. The number of carbonyl (C=O) groups excluding carboxylic acids is 1. The smallest absolute Gasteiger partial charge is 0.318 e. The van der Waals surface area contributed by atoms with E-state index < -0.39 is 0 Å². The fraction of sp³-hybridized carbons (Fsp3) is 0.625. The lowest BCUT2D eigenvalue weighted by molar-refractivity contribution is 0.192. The minimum atomic E-state index is -0.0383. The second kappa shape index (κ2) is 7.29. The molecule has 2 amide bonds. The Labute approximate surface area is 126 Å². The summed E-state index contributed by atoms with van der Waals surface area (Å²) in [5.41, 5.74) is 0.919. The van der Waals surface area contributed by atoms with E-state index in [9.17, 15) is 4.79 Å². The van der Waals surface area contributed by atoms with E-state index in [2.05, 4.69) is 43.4 Å². The van der Waals surface area contributed by atoms with Gasteiger partial charge in [-0.1, -0.05) is 50.9 Å². The zero-order valence-corrected chi connectivity index (χ0v) is 13.1. The van der Waals surface area contributed by atoms with Crippen LogP contribution in [0.2, 0.25) is 0 Å². The molecular formula is C16H25N3O2. The van der Waals surface area contributed by atoms with E-state index in [1.54, 1.807) is 0 Å². The monoisotopic (exact) mass is 291 g/mol. The molecule has 0 saturated carbocycles. The number of hydrogen-bond donors (Lipinski definition) is 1. The quantitative estimate of drug-likeness (QED) is 0.817. The maximum Gasteiger partial charge on any atom is 0.318 e. The van der Waals surface area contributed by atoms with Crippen LogP contribution in [0.25, 0.3) is 0 Å². The summed E-state index contributed by atoms with van der Waals surface area (Å²) in [6.07, 6.45) is 7.50. The molecule has 0 aromatic carbocycles. The first-order valence-corrected chi connectivity index (χ1v) is 7.78. The van der Waals surface area contributed by atoms with Crippen molar-refractivity contribution in [1.82, 2.24) is 15.4 Å². The van der Waals surface area contributed by atoms with Crippen LogP contribution >= 0.6 is 0 Å². The molecular weight excluding hydrogens is 266 g/mol. The molecule has 5 nitrogen and oxygen atoms in total. The van der Waals surface area contributed by atoms with Crippen LogP contribution in [0, 0.1) is 0 Å². The molecule has 5 heteroatoms. The number of hydrogen-bond acceptors (Lipinski definition) is 3. The largest absolute Gasteiger partial charge is 0.359 e. The number of amides is 2. The van der Waals surface area contributed by atoms with Gasteiger partial charge in [0.05, 0.1) is 18.3 Å². The Hall–Kier alpha value is -1.78. The fourth-order valence-corrected chi connectivity index (χ4v) is 2.42. The summed E-state index contributed by atoms with van der Waals surface area (Å²) < 4.78 is 5.23. The summed E-state index contributed by atoms with van der Waals surface area (Å²) in [7, 11) is 0. The van der Waals surface area contributed by atoms with Crippen LogP contribution in [0.1, 0.15) is 57.4 Å². The van der Waals surface area contributed by atoms with Gasteiger partial charge >= 0.3 is 6.03 Å². The number of nitrogens with zero attached hydrogens (tertiary/aromatic N) is 2. The van der Waals surface area contributed by atoms with E-state index in [4.69, 9.17) is 4.52 Å². The Morgan fingerprint density at radius 2 is 2.38 bits per heavy atom. The lowest BCUT2D eigenvalue weighted by Crippen LogP contribution is -2.42. The molecule has 2 rings (SSSR count). The molecule has 1 N–H and O–H groups in total. The molecule has 1 aliphatic rings. The van der Waals surface area contributed by atoms with Crippen molar-refractivity contribution in [3.05, 3.63) is 29.7 Å². The van der Waals surface area contributed by atoms with Gasteiger partial charge in [-0.2, -0.15) is 0 Å². The predicted octanol–water partition coefficient (Wildman–Crippen LogP) is 3.44. The fourth-order valence-electron chi connectivity index (χ4n) is 2.42. The van der Waals surface area contributed by atoms with Crippen LogP contribution in [0.4, 0.5) is 4.79 Å². The van der Waals surface area contributed by atoms with Crippen molar-refractivity contribution in [3.8, 4) is 0 Å². The second-order valence-electron chi connectivity index (χ2n) is 5.82. The molecule has 2 heterocycles. The van der Waals surface area contributed by atoms with E-state index in [0.717, 1.165) is 25.0 Å². The average Bonchev–Trinajstić information content (AvgIpc) is 3.11. The van der Waals surface area contributed by atoms with Crippen LogP contribution in [0.15, 0.2) is 22.7 Å². The van der Waals surface area contributed by atoms with Gasteiger partial charge in [0.1, 0.15) is 0 Å². The molecule has 0 bridgehead atoms. The van der Waals surface area contributed by atoms with Crippen LogP contribution in [-0.2, 0) is 6.54 Å². The number of rotatable bonds is 6. The molecule has 0 spiro atoms. The third-order valence-electron chi connectivity index (χ3n) is 3.76. The molecule has 0 unspecified atom stereocenters. The van der Waals surface area contributed by atoms with Crippen LogP contribution < -0.4 is 5.32 Å². The molecule has 1 aliphatic heterocycles. The van der Waals surface area contributed by atoms with Gasteiger partial charge in [-0.15, -0.1) is 0 Å². The number of carbonyl (C=O) groups is 1. The minimum absolute atomic E-state index is 0.0383. The van der Waals surface area contributed by atoms with Crippen molar-refractivity contribution < 1.29 is 9.32 Å². The standard InChI is InChI=1S/C16H25N3O2/c1-4-5-7-13-8-6-9-19(13)16(20)17-11-14-10-15(12(2)3)18-21-14/h6,8,10,12-13H,4-5,7,9,11H2,1-3H3,(H,17,20)/t13-/m1/s1. The average molecular weight is 291 g/mol. The highest BCUT2D eigenvalue weighted by molar-refractivity contribution is 5.75. The highest BCUT2D eigenvalue weighted by atomic mass is 16.5. The summed E-state index contributed by atoms with van der Waals surface area (Å²) in [6, 6.07) is 2.09. The van der Waals surface area contributed by atoms with Crippen LogP contribution in [0.3, 0.4) is 0 Å².